The minimum atomic E-state index is -3.85. The van der Waals surface area contributed by atoms with E-state index in [0.717, 1.165) is 7.11 Å². The van der Waals surface area contributed by atoms with E-state index in [2.05, 4.69) is 14.9 Å². The summed E-state index contributed by atoms with van der Waals surface area (Å²) >= 11 is 0. The molecule has 0 aliphatic rings. The zero-order valence-corrected chi connectivity index (χ0v) is 7.28. The van der Waals surface area contributed by atoms with Crippen molar-refractivity contribution in [3.8, 4) is 0 Å². The molecular weight excluding hydrogens is 189 g/mol. The molecule has 1 atom stereocenters. The second kappa shape index (κ2) is 5.23. The average Bonchev–Trinajstić information content (AvgIpc) is 1.85. The number of hydrogen-bond acceptors (Lipinski definition) is 5. The van der Waals surface area contributed by atoms with Gasteiger partial charge in [-0.25, -0.2) is 4.89 Å². The van der Waals surface area contributed by atoms with Gasteiger partial charge in [0.15, 0.2) is 0 Å². The summed E-state index contributed by atoms with van der Waals surface area (Å²) in [5.74, 6) is -1.12. The Morgan fingerprint density at radius 3 is 2.67 bits per heavy atom. The molecule has 0 rings (SSSR count). The van der Waals surface area contributed by atoms with Gasteiger partial charge in [0.1, 0.15) is 6.29 Å². The van der Waals surface area contributed by atoms with E-state index in [1.807, 2.05) is 0 Å². The van der Waals surface area contributed by atoms with Gasteiger partial charge in [-0.2, -0.15) is 0 Å². The molecule has 3 N–H and O–H groups in total. The first kappa shape index (κ1) is 11.5. The lowest BCUT2D eigenvalue weighted by atomic mass is 10.7. The van der Waals surface area contributed by atoms with Gasteiger partial charge in [-0.05, 0) is 0 Å². The Balaban J connectivity index is 3.61. The highest BCUT2D eigenvalue weighted by Crippen LogP contribution is 2.39. The molecule has 0 spiro atoms. The molecule has 0 bridgehead atoms. The first-order chi connectivity index (χ1) is 5.48. The summed E-state index contributed by atoms with van der Waals surface area (Å²) in [6.07, 6.45) is -0.465. The van der Waals surface area contributed by atoms with Gasteiger partial charge in [0.05, 0.1) is 13.7 Å². The maximum Gasteiger partial charge on any atom is 0.368 e. The van der Waals surface area contributed by atoms with E-state index in [1.54, 1.807) is 0 Å². The van der Waals surface area contributed by atoms with Crippen LogP contribution in [-0.4, -0.2) is 35.9 Å². The van der Waals surface area contributed by atoms with Crippen LogP contribution >= 0.6 is 7.60 Å². The second-order valence-corrected chi connectivity index (χ2v) is 3.60. The van der Waals surface area contributed by atoms with Crippen molar-refractivity contribution < 1.29 is 28.9 Å². The van der Waals surface area contributed by atoms with Crippen molar-refractivity contribution in [2.24, 2.45) is 0 Å². The lowest BCUT2D eigenvalue weighted by Gasteiger charge is -2.08. The maximum absolute atomic E-state index is 10.7. The molecule has 0 aromatic rings. The van der Waals surface area contributed by atoms with Crippen molar-refractivity contribution in [1.29, 1.82) is 0 Å². The van der Waals surface area contributed by atoms with Crippen LogP contribution in [0.1, 0.15) is 0 Å². The van der Waals surface area contributed by atoms with Gasteiger partial charge in [-0.3, -0.25) is 14.7 Å². The van der Waals surface area contributed by atoms with Gasteiger partial charge in [-0.15, -0.1) is 4.67 Å². The molecule has 72 valence electrons. The van der Waals surface area contributed by atoms with Gasteiger partial charge in [0.25, 0.3) is 0 Å². The Bertz CT molecular complexity index is 194. The topological polar surface area (TPSA) is 105 Å². The summed E-state index contributed by atoms with van der Waals surface area (Å²) in [5, 5.41) is 10.3. The first-order valence-electron chi connectivity index (χ1n) is 2.94. The molecule has 0 fully saturated rings. The molecule has 0 aromatic heterocycles. The lowest BCUT2D eigenvalue weighted by molar-refractivity contribution is -0.185. The number of nitrogens with one attached hydrogen (secondary N) is 1. The third-order valence-electron chi connectivity index (χ3n) is 0.779. The third kappa shape index (κ3) is 6.26. The molecule has 0 aliphatic heterocycles. The minimum Gasteiger partial charge on any atom is -0.480 e. The molecule has 0 amide bonds. The lowest BCUT2D eigenvalue weighted by Crippen LogP contribution is -2.23. The zero-order chi connectivity index (χ0) is 9.61. The predicted molar refractivity (Wildman–Crippen MR) is 38.4 cm³/mol. The summed E-state index contributed by atoms with van der Waals surface area (Å²) in [4.78, 5) is 22.7. The largest absolute Gasteiger partial charge is 0.480 e. The van der Waals surface area contributed by atoms with Crippen molar-refractivity contribution >= 4 is 13.6 Å². The first-order valence-corrected chi connectivity index (χ1v) is 4.71. The predicted octanol–water partition coefficient (Wildman–Crippen LogP) is -0.619. The Morgan fingerprint density at radius 2 is 2.25 bits per heavy atom. The molecule has 0 saturated carbocycles. The van der Waals surface area contributed by atoms with E-state index in [0.29, 0.717) is 0 Å². The van der Waals surface area contributed by atoms with E-state index in [1.165, 1.54) is 0 Å². The highest BCUT2D eigenvalue weighted by Gasteiger charge is 2.19. The Kier molecular flexibility index (Phi) is 5.03. The normalized spacial score (nSPS) is 15.5. The van der Waals surface area contributed by atoms with Crippen LogP contribution in [0.5, 0.6) is 0 Å². The van der Waals surface area contributed by atoms with Crippen molar-refractivity contribution in [3.63, 3.8) is 0 Å². The number of aliphatic carboxylic acids is 1. The molecule has 0 aliphatic carbocycles. The van der Waals surface area contributed by atoms with Crippen molar-refractivity contribution in [3.05, 3.63) is 0 Å². The van der Waals surface area contributed by atoms with Crippen molar-refractivity contribution in [2.45, 2.75) is 0 Å². The third-order valence-corrected chi connectivity index (χ3v) is 1.78. The van der Waals surface area contributed by atoms with Crippen LogP contribution in [0.4, 0.5) is 0 Å². The van der Waals surface area contributed by atoms with Gasteiger partial charge in [0.2, 0.25) is 0 Å². The summed E-state index contributed by atoms with van der Waals surface area (Å²) in [7, 11) is -2.76. The van der Waals surface area contributed by atoms with E-state index in [9.17, 15) is 9.36 Å². The Labute approximate surface area is 68.8 Å². The molecule has 7 nitrogen and oxygen atoms in total. The van der Waals surface area contributed by atoms with Gasteiger partial charge >= 0.3 is 13.6 Å². The summed E-state index contributed by atoms with van der Waals surface area (Å²) in [5.41, 5.74) is 0. The average molecular weight is 199 g/mol. The van der Waals surface area contributed by atoms with Crippen LogP contribution in [0, 0.1) is 0 Å². The summed E-state index contributed by atoms with van der Waals surface area (Å²) in [6.45, 7) is -0.405. The van der Waals surface area contributed by atoms with Crippen molar-refractivity contribution in [1.82, 2.24) is 5.32 Å². The second-order valence-electron chi connectivity index (χ2n) is 1.86. The SMILES string of the molecule is COOP(=O)(O)CNCC(=O)O. The Hall–Kier alpha value is -0.460. The van der Waals surface area contributed by atoms with E-state index < -0.39 is 26.4 Å². The highest BCUT2D eigenvalue weighted by molar-refractivity contribution is 7.52. The fraction of sp³-hybridized carbons (Fsp3) is 0.750. The fourth-order valence-electron chi connectivity index (χ4n) is 0.447. The highest BCUT2D eigenvalue weighted by atomic mass is 31.2. The van der Waals surface area contributed by atoms with Crippen LogP contribution in [0.25, 0.3) is 0 Å². The number of carbonyl (C=O) groups is 1. The molecule has 0 saturated heterocycles. The summed E-state index contributed by atoms with van der Waals surface area (Å²) < 4.78 is 14.7. The van der Waals surface area contributed by atoms with Crippen LogP contribution in [0.15, 0.2) is 0 Å². The molecule has 0 heterocycles. The van der Waals surface area contributed by atoms with Crippen LogP contribution in [0.3, 0.4) is 0 Å². The fourth-order valence-corrected chi connectivity index (χ4v) is 1.13. The minimum absolute atomic E-state index is 0.405. The van der Waals surface area contributed by atoms with E-state index in [4.69, 9.17) is 10.00 Å². The van der Waals surface area contributed by atoms with Gasteiger partial charge < -0.3 is 10.00 Å². The maximum atomic E-state index is 10.7. The monoisotopic (exact) mass is 199 g/mol. The molecule has 12 heavy (non-hydrogen) atoms. The van der Waals surface area contributed by atoms with Crippen molar-refractivity contribution in [2.75, 3.05) is 19.9 Å². The molecule has 0 radical (unpaired) electrons. The number of carboxylic acid groups (broad SMARTS) is 1. The standard InChI is InChI=1S/C4H10NO6P/c1-10-11-12(8,9)3-5-2-4(6)7/h5H,2-3H2,1H3,(H,6,7)(H,8,9). The molecular formula is C4H10NO6P. The smallest absolute Gasteiger partial charge is 0.368 e. The summed E-state index contributed by atoms with van der Waals surface area (Å²) in [6, 6.07) is 0. The van der Waals surface area contributed by atoms with Gasteiger partial charge in [0, 0.05) is 0 Å². The molecule has 1 unspecified atom stereocenters. The quantitative estimate of drug-likeness (QED) is 0.297. The van der Waals surface area contributed by atoms with Crippen LogP contribution < -0.4 is 5.32 Å². The van der Waals surface area contributed by atoms with Crippen LogP contribution in [-0.2, 0) is 18.9 Å². The number of hydrogen-bond donors (Lipinski definition) is 3. The zero-order valence-electron chi connectivity index (χ0n) is 6.39. The Morgan fingerprint density at radius 1 is 1.67 bits per heavy atom. The van der Waals surface area contributed by atoms with E-state index >= 15 is 0 Å². The number of rotatable bonds is 6. The van der Waals surface area contributed by atoms with E-state index in [-0.39, 0.29) is 0 Å². The van der Waals surface area contributed by atoms with Gasteiger partial charge in [-0.1, -0.05) is 0 Å². The number of carboxylic acids is 1. The molecule has 8 heteroatoms. The van der Waals surface area contributed by atoms with Crippen LogP contribution in [0.2, 0.25) is 0 Å². The molecule has 0 aromatic carbocycles.